The first-order valence-corrected chi connectivity index (χ1v) is 20.5. The Balaban J connectivity index is 1.46. The minimum Gasteiger partial charge on any atom is -0.496 e. The summed E-state index contributed by atoms with van der Waals surface area (Å²) < 4.78 is 6.12. The molecule has 0 radical (unpaired) electrons. The van der Waals surface area contributed by atoms with Crippen molar-refractivity contribution in [1.82, 2.24) is 20.6 Å². The lowest BCUT2D eigenvalue weighted by molar-refractivity contribution is -0.183. The van der Waals surface area contributed by atoms with Gasteiger partial charge in [0.05, 0.1) is 26.4 Å². The fourth-order valence-corrected chi connectivity index (χ4v) is 9.63. The van der Waals surface area contributed by atoms with Crippen molar-refractivity contribution in [3.63, 3.8) is 0 Å². The summed E-state index contributed by atoms with van der Waals surface area (Å²) in [6.45, 7) is 18.5. The maximum absolute atomic E-state index is 14.3. The highest BCUT2D eigenvalue weighted by molar-refractivity contribution is 5.97. The van der Waals surface area contributed by atoms with Crippen LogP contribution in [0.1, 0.15) is 90.6 Å². The zero-order valence-corrected chi connectivity index (χ0v) is 35.2. The lowest BCUT2D eigenvalue weighted by atomic mass is 9.45. The number of amides is 2. The topological polar surface area (TPSA) is 136 Å². The van der Waals surface area contributed by atoms with Crippen molar-refractivity contribution in [1.29, 1.82) is 0 Å². The maximum atomic E-state index is 14.3. The van der Waals surface area contributed by atoms with Crippen LogP contribution in [0.4, 0.5) is 5.69 Å². The van der Waals surface area contributed by atoms with Crippen LogP contribution in [0.3, 0.4) is 0 Å². The van der Waals surface area contributed by atoms with Crippen LogP contribution in [0.15, 0.2) is 36.4 Å². The van der Waals surface area contributed by atoms with Crippen LogP contribution in [0.5, 0.6) is 5.75 Å². The third-order valence-corrected chi connectivity index (χ3v) is 12.6. The number of hydrogen-bond acceptors (Lipinski definition) is 9. The molecule has 1 saturated heterocycles. The molecule has 2 aromatic rings. The van der Waals surface area contributed by atoms with Gasteiger partial charge in [-0.1, -0.05) is 66.7 Å². The highest BCUT2D eigenvalue weighted by Crippen LogP contribution is 2.61. The van der Waals surface area contributed by atoms with E-state index in [1.165, 1.54) is 6.42 Å². The Labute approximate surface area is 329 Å². The number of carbonyl (C=O) groups is 2. The number of rotatable bonds is 17. The number of hydroxylamine groups is 2. The van der Waals surface area contributed by atoms with Crippen molar-refractivity contribution in [2.75, 3.05) is 46.2 Å². The zero-order chi connectivity index (χ0) is 40.4. The molecule has 1 aliphatic heterocycles. The van der Waals surface area contributed by atoms with Crippen LogP contribution in [0.25, 0.3) is 11.1 Å². The molecular weight excluding hydrogens is 695 g/mol. The monoisotopic (exact) mass is 764 g/mol. The Kier molecular flexibility index (Phi) is 14.0. The average Bonchev–Trinajstić information content (AvgIpc) is 3.49. The summed E-state index contributed by atoms with van der Waals surface area (Å²) in [7, 11) is 5.66. The molecule has 11 nitrogen and oxygen atoms in total. The predicted molar refractivity (Wildman–Crippen MR) is 219 cm³/mol. The molecule has 2 aromatic carbocycles. The van der Waals surface area contributed by atoms with E-state index in [4.69, 9.17) is 9.57 Å². The number of fused-ring (bicyclic) bond motifs is 2. The normalized spacial score (nSPS) is 27.2. The number of aliphatic hydroxyl groups is 2. The van der Waals surface area contributed by atoms with Gasteiger partial charge in [-0.15, -0.1) is 0 Å². The van der Waals surface area contributed by atoms with Gasteiger partial charge < -0.3 is 35.8 Å². The summed E-state index contributed by atoms with van der Waals surface area (Å²) in [6.07, 6.45) is 1.35. The quantitative estimate of drug-likeness (QED) is 0.136. The number of likely N-dealkylation sites (N-methyl/N-ethyl adjacent to an activating group) is 1. The number of carbonyl (C=O) groups excluding carboxylic acids is 2. The van der Waals surface area contributed by atoms with Crippen LogP contribution < -0.4 is 20.7 Å². The summed E-state index contributed by atoms with van der Waals surface area (Å²) >= 11 is 0. The Morgan fingerprint density at radius 3 is 2.38 bits per heavy atom. The molecule has 4 fully saturated rings. The fraction of sp³-hybridized carbons (Fsp3) is 0.682. The minimum atomic E-state index is -0.897. The molecule has 6 rings (SSSR count). The predicted octanol–water partition coefficient (Wildman–Crippen LogP) is 5.80. The van der Waals surface area contributed by atoms with E-state index in [0.717, 1.165) is 48.3 Å². The molecule has 5 N–H and O–H groups in total. The molecule has 0 unspecified atom stereocenters. The van der Waals surface area contributed by atoms with Crippen LogP contribution in [0, 0.1) is 40.9 Å². The van der Waals surface area contributed by atoms with Gasteiger partial charge in [-0.3, -0.25) is 14.4 Å². The molecule has 0 aromatic heterocycles. The summed E-state index contributed by atoms with van der Waals surface area (Å²) in [5.74, 6) is 1.91. The minimum absolute atomic E-state index is 0.00577. The zero-order valence-electron chi connectivity index (χ0n) is 35.2. The standard InChI is InChI=1S/C44H69N5O6/c1-25(2)15-34(23-48(9)10)46-42(52)31-16-30(17-33(18-31)45-21-26(3)4)35-14-12-13-29(41(35)54-11)22-49-40(39(28(6)51)38(24-50)55-49)43(53)47-37-20-32-19-36(27(37)5)44(32,7)8/h12-14,16-18,25-28,32,34,36-40,45,50-51H,15,19-24H2,1-11H3,(H,46,52)(H,47,53)/t27-,28-,32+,34-,36-,37-,38-,39+,40-/m0/s1. The van der Waals surface area contributed by atoms with Gasteiger partial charge in [0.15, 0.2) is 0 Å². The molecular formula is C44H69N5O6. The van der Waals surface area contributed by atoms with Gasteiger partial charge in [-0.25, -0.2) is 0 Å². The molecule has 1 heterocycles. The second-order valence-corrected chi connectivity index (χ2v) is 18.4. The molecule has 3 saturated carbocycles. The van der Waals surface area contributed by atoms with Gasteiger partial charge in [0, 0.05) is 53.5 Å². The third-order valence-electron chi connectivity index (χ3n) is 12.6. The maximum Gasteiger partial charge on any atom is 0.251 e. The van der Waals surface area contributed by atoms with Gasteiger partial charge in [0.25, 0.3) is 5.91 Å². The van der Waals surface area contributed by atoms with E-state index in [1.807, 2.05) is 50.5 Å². The molecule has 9 atom stereocenters. The van der Waals surface area contributed by atoms with Crippen LogP contribution >= 0.6 is 0 Å². The van der Waals surface area contributed by atoms with E-state index < -0.39 is 24.2 Å². The molecule has 306 valence electrons. The van der Waals surface area contributed by atoms with Crippen molar-refractivity contribution in [3.05, 3.63) is 47.5 Å². The molecule has 11 heteroatoms. The number of nitrogens with zero attached hydrogens (tertiary/aromatic N) is 2. The van der Waals surface area contributed by atoms with E-state index >= 15 is 0 Å². The van der Waals surface area contributed by atoms with E-state index in [2.05, 4.69) is 69.3 Å². The second kappa shape index (κ2) is 17.9. The van der Waals surface area contributed by atoms with E-state index in [1.54, 1.807) is 19.1 Å². The SMILES string of the molecule is COc1c(CN2O[C@@H](CO)[C@@H]([C@H](C)O)[C@H]2C(=O)N[C@H]2C[C@H]3C[C@@H]([C@@H]2C)C3(C)C)cccc1-c1cc(NCC(C)C)cc(C(=O)N[C@@H](CC(C)C)CN(C)C)c1. The van der Waals surface area contributed by atoms with Crippen LogP contribution in [-0.4, -0.2) is 103 Å². The third kappa shape index (κ3) is 9.67. The van der Waals surface area contributed by atoms with Crippen LogP contribution in [-0.2, 0) is 16.2 Å². The number of anilines is 1. The molecule has 2 amide bonds. The van der Waals surface area contributed by atoms with Gasteiger partial charge >= 0.3 is 0 Å². The van der Waals surface area contributed by atoms with Gasteiger partial charge in [0.1, 0.15) is 17.9 Å². The first-order chi connectivity index (χ1) is 25.9. The lowest BCUT2D eigenvalue weighted by Crippen LogP contribution is -2.62. The summed E-state index contributed by atoms with van der Waals surface area (Å²) in [5.41, 5.74) is 4.03. The van der Waals surface area contributed by atoms with Gasteiger partial charge in [-0.05, 0) is 99.0 Å². The molecule has 4 aliphatic rings. The van der Waals surface area contributed by atoms with Crippen molar-refractivity contribution >= 4 is 17.5 Å². The molecule has 0 spiro atoms. The van der Waals surface area contributed by atoms with E-state index in [9.17, 15) is 19.8 Å². The number of hydrogen-bond donors (Lipinski definition) is 5. The Bertz CT molecular complexity index is 1620. The summed E-state index contributed by atoms with van der Waals surface area (Å²) in [6, 6.07) is 10.9. The number of methoxy groups -OCH3 is 1. The largest absolute Gasteiger partial charge is 0.496 e. The molecule has 2 bridgehead atoms. The smallest absolute Gasteiger partial charge is 0.251 e. The van der Waals surface area contributed by atoms with Crippen molar-refractivity contribution in [2.45, 2.75) is 112 Å². The van der Waals surface area contributed by atoms with Crippen LogP contribution in [0.2, 0.25) is 0 Å². The Morgan fingerprint density at radius 2 is 1.80 bits per heavy atom. The molecule has 55 heavy (non-hydrogen) atoms. The van der Waals surface area contributed by atoms with E-state index in [0.29, 0.717) is 40.9 Å². The Hall–Kier alpha value is -3.22. The van der Waals surface area contributed by atoms with Gasteiger partial charge in [0.2, 0.25) is 5.91 Å². The second-order valence-electron chi connectivity index (χ2n) is 18.4. The van der Waals surface area contributed by atoms with Crippen molar-refractivity contribution in [3.8, 4) is 16.9 Å². The number of benzene rings is 2. The highest BCUT2D eigenvalue weighted by Gasteiger charge is 2.57. The summed E-state index contributed by atoms with van der Waals surface area (Å²) in [5, 5.41) is 33.2. The first kappa shape index (κ1) is 42.9. The number of aliphatic hydroxyl groups excluding tert-OH is 2. The fourth-order valence-electron chi connectivity index (χ4n) is 9.63. The lowest BCUT2D eigenvalue weighted by Gasteiger charge is -2.62. The number of nitrogens with one attached hydrogen (secondary N) is 3. The average molecular weight is 764 g/mol. The first-order valence-electron chi connectivity index (χ1n) is 20.5. The van der Waals surface area contributed by atoms with Crippen molar-refractivity contribution < 1.29 is 29.4 Å². The number of ether oxygens (including phenoxy) is 1. The summed E-state index contributed by atoms with van der Waals surface area (Å²) in [4.78, 5) is 36.6. The highest BCUT2D eigenvalue weighted by atomic mass is 16.7. The van der Waals surface area contributed by atoms with Gasteiger partial charge in [-0.2, -0.15) is 5.06 Å². The number of para-hydroxylation sites is 1. The van der Waals surface area contributed by atoms with Crippen molar-refractivity contribution in [2.24, 2.45) is 40.9 Å². The Morgan fingerprint density at radius 1 is 1.07 bits per heavy atom. The van der Waals surface area contributed by atoms with E-state index in [-0.39, 0.29) is 42.5 Å². The molecule has 3 aliphatic carbocycles.